The molecule has 1 aromatic rings. The number of ether oxygens (including phenoxy) is 1. The van der Waals surface area contributed by atoms with Gasteiger partial charge in [-0.05, 0) is 5.56 Å². The molecule has 1 aromatic carbocycles. The fourth-order valence-electron chi connectivity index (χ4n) is 1.16. The minimum Gasteiger partial charge on any atom is -0.318 e. The molecule has 1 atom stereocenters. The summed E-state index contributed by atoms with van der Waals surface area (Å²) in [5, 5.41) is 0. The van der Waals surface area contributed by atoms with E-state index in [1.165, 1.54) is 0 Å². The van der Waals surface area contributed by atoms with Gasteiger partial charge < -0.3 is 4.74 Å². The lowest BCUT2D eigenvalue weighted by Crippen LogP contribution is -2.25. The Morgan fingerprint density at radius 3 is 2.40 bits per heavy atom. The SMILES string of the molecule is CC(COC(F)(F)CF)c1ccccc1. The lowest BCUT2D eigenvalue weighted by Gasteiger charge is -2.17. The highest BCUT2D eigenvalue weighted by Crippen LogP contribution is 2.21. The number of hydrogen-bond donors (Lipinski definition) is 0. The summed E-state index contributed by atoms with van der Waals surface area (Å²) >= 11 is 0. The van der Waals surface area contributed by atoms with E-state index >= 15 is 0 Å². The van der Waals surface area contributed by atoms with Gasteiger partial charge in [0.15, 0.2) is 6.67 Å². The van der Waals surface area contributed by atoms with Gasteiger partial charge in [0, 0.05) is 5.92 Å². The molecule has 0 saturated carbocycles. The quantitative estimate of drug-likeness (QED) is 0.736. The smallest absolute Gasteiger partial charge is 0.318 e. The maximum atomic E-state index is 12.4. The zero-order chi connectivity index (χ0) is 11.3. The maximum absolute atomic E-state index is 12.4. The molecule has 0 aromatic heterocycles. The van der Waals surface area contributed by atoms with Crippen LogP contribution in [0.3, 0.4) is 0 Å². The van der Waals surface area contributed by atoms with E-state index < -0.39 is 12.8 Å². The molecule has 15 heavy (non-hydrogen) atoms. The fourth-order valence-corrected chi connectivity index (χ4v) is 1.16. The van der Waals surface area contributed by atoms with E-state index in [1.54, 1.807) is 6.92 Å². The molecule has 0 saturated heterocycles. The van der Waals surface area contributed by atoms with Crippen LogP contribution in [-0.2, 0) is 4.74 Å². The Morgan fingerprint density at radius 2 is 1.87 bits per heavy atom. The van der Waals surface area contributed by atoms with Crippen molar-refractivity contribution in [3.05, 3.63) is 35.9 Å². The zero-order valence-electron chi connectivity index (χ0n) is 8.42. The van der Waals surface area contributed by atoms with Crippen LogP contribution in [-0.4, -0.2) is 19.4 Å². The molecular formula is C11H13F3O. The highest BCUT2D eigenvalue weighted by atomic mass is 19.3. The van der Waals surface area contributed by atoms with Crippen LogP contribution in [0.25, 0.3) is 0 Å². The lowest BCUT2D eigenvalue weighted by atomic mass is 10.0. The Labute approximate surface area is 86.9 Å². The van der Waals surface area contributed by atoms with Crippen molar-refractivity contribution in [2.75, 3.05) is 13.3 Å². The highest BCUT2D eigenvalue weighted by Gasteiger charge is 2.30. The van der Waals surface area contributed by atoms with Gasteiger partial charge in [-0.3, -0.25) is 0 Å². The molecule has 0 fully saturated rings. The van der Waals surface area contributed by atoms with Gasteiger partial charge in [-0.25, -0.2) is 4.39 Å². The van der Waals surface area contributed by atoms with E-state index in [-0.39, 0.29) is 12.5 Å². The van der Waals surface area contributed by atoms with Gasteiger partial charge >= 0.3 is 6.11 Å². The van der Waals surface area contributed by atoms with E-state index in [9.17, 15) is 13.2 Å². The van der Waals surface area contributed by atoms with Gasteiger partial charge in [-0.15, -0.1) is 0 Å². The minimum atomic E-state index is -3.66. The fraction of sp³-hybridized carbons (Fsp3) is 0.455. The summed E-state index contributed by atoms with van der Waals surface area (Å²) < 4.78 is 40.8. The molecule has 0 aliphatic heterocycles. The highest BCUT2D eigenvalue weighted by molar-refractivity contribution is 5.18. The molecule has 0 spiro atoms. The van der Waals surface area contributed by atoms with Crippen LogP contribution in [0, 0.1) is 0 Å². The third kappa shape index (κ3) is 3.91. The Bertz CT molecular complexity index is 287. The third-order valence-corrected chi connectivity index (χ3v) is 2.07. The molecule has 0 radical (unpaired) electrons. The Kier molecular flexibility index (Phi) is 4.15. The van der Waals surface area contributed by atoms with Crippen molar-refractivity contribution in [3.63, 3.8) is 0 Å². The first-order valence-corrected chi connectivity index (χ1v) is 4.68. The average molecular weight is 218 g/mol. The summed E-state index contributed by atoms with van der Waals surface area (Å²) in [5.41, 5.74) is 0.896. The van der Waals surface area contributed by atoms with E-state index in [1.807, 2.05) is 30.3 Å². The van der Waals surface area contributed by atoms with Crippen LogP contribution < -0.4 is 0 Å². The van der Waals surface area contributed by atoms with Crippen LogP contribution >= 0.6 is 0 Å². The molecule has 0 aliphatic rings. The van der Waals surface area contributed by atoms with E-state index in [4.69, 9.17) is 0 Å². The summed E-state index contributed by atoms with van der Waals surface area (Å²) in [6.45, 7) is -0.223. The first-order chi connectivity index (χ1) is 7.05. The number of rotatable bonds is 5. The van der Waals surface area contributed by atoms with Crippen molar-refractivity contribution in [2.45, 2.75) is 19.0 Å². The molecule has 0 bridgehead atoms. The van der Waals surface area contributed by atoms with E-state index in [2.05, 4.69) is 4.74 Å². The summed E-state index contributed by atoms with van der Waals surface area (Å²) in [5.74, 6) is -0.177. The second-order valence-corrected chi connectivity index (χ2v) is 3.39. The second kappa shape index (κ2) is 5.16. The molecular weight excluding hydrogens is 205 g/mol. The molecule has 1 rings (SSSR count). The molecule has 1 unspecified atom stereocenters. The number of halogens is 3. The topological polar surface area (TPSA) is 9.23 Å². The van der Waals surface area contributed by atoms with Crippen molar-refractivity contribution in [2.24, 2.45) is 0 Å². The van der Waals surface area contributed by atoms with Crippen molar-refractivity contribution >= 4 is 0 Å². The summed E-state index contributed by atoms with van der Waals surface area (Å²) in [6, 6.07) is 9.12. The van der Waals surface area contributed by atoms with Crippen molar-refractivity contribution in [1.29, 1.82) is 0 Å². The van der Waals surface area contributed by atoms with Gasteiger partial charge in [0.05, 0.1) is 6.61 Å². The average Bonchev–Trinajstić information content (AvgIpc) is 2.27. The molecule has 0 heterocycles. The molecule has 4 heteroatoms. The summed E-state index contributed by atoms with van der Waals surface area (Å²) in [6.07, 6.45) is -3.66. The first kappa shape index (κ1) is 12.0. The Morgan fingerprint density at radius 1 is 1.27 bits per heavy atom. The second-order valence-electron chi connectivity index (χ2n) is 3.39. The third-order valence-electron chi connectivity index (χ3n) is 2.07. The molecule has 0 N–H and O–H groups in total. The predicted octanol–water partition coefficient (Wildman–Crippen LogP) is 3.37. The molecule has 0 amide bonds. The van der Waals surface area contributed by atoms with E-state index in [0.717, 1.165) is 5.56 Å². The minimum absolute atomic E-state index is 0.177. The van der Waals surface area contributed by atoms with Crippen LogP contribution in [0.1, 0.15) is 18.4 Å². The van der Waals surface area contributed by atoms with Crippen LogP contribution in [0.5, 0.6) is 0 Å². The summed E-state index contributed by atoms with van der Waals surface area (Å²) in [4.78, 5) is 0. The Balaban J connectivity index is 2.47. The van der Waals surface area contributed by atoms with Crippen molar-refractivity contribution in [1.82, 2.24) is 0 Å². The van der Waals surface area contributed by atoms with Crippen molar-refractivity contribution < 1.29 is 17.9 Å². The van der Waals surface area contributed by atoms with Gasteiger partial charge in [0.1, 0.15) is 0 Å². The predicted molar refractivity (Wildman–Crippen MR) is 51.7 cm³/mol. The first-order valence-electron chi connectivity index (χ1n) is 4.68. The standard InChI is InChI=1S/C11H13F3O/c1-9(7-15-11(13,14)8-12)10-5-3-2-4-6-10/h2-6,9H,7-8H2,1H3. The van der Waals surface area contributed by atoms with E-state index in [0.29, 0.717) is 0 Å². The van der Waals surface area contributed by atoms with Crippen LogP contribution in [0.2, 0.25) is 0 Å². The zero-order valence-corrected chi connectivity index (χ0v) is 8.42. The van der Waals surface area contributed by atoms with Gasteiger partial charge in [0.25, 0.3) is 0 Å². The van der Waals surface area contributed by atoms with Crippen LogP contribution in [0.4, 0.5) is 13.2 Å². The summed E-state index contributed by atoms with van der Waals surface area (Å²) in [7, 11) is 0. The molecule has 84 valence electrons. The van der Waals surface area contributed by atoms with Gasteiger partial charge in [-0.2, -0.15) is 8.78 Å². The number of benzene rings is 1. The van der Waals surface area contributed by atoms with Gasteiger partial charge in [0.2, 0.25) is 0 Å². The lowest BCUT2D eigenvalue weighted by molar-refractivity contribution is -0.247. The van der Waals surface area contributed by atoms with Crippen LogP contribution in [0.15, 0.2) is 30.3 Å². The maximum Gasteiger partial charge on any atom is 0.384 e. The number of alkyl halides is 3. The Hall–Kier alpha value is -1.03. The molecule has 0 aliphatic carbocycles. The monoisotopic (exact) mass is 218 g/mol. The number of hydrogen-bond acceptors (Lipinski definition) is 1. The normalized spacial score (nSPS) is 13.9. The molecule has 1 nitrogen and oxygen atoms in total. The van der Waals surface area contributed by atoms with Gasteiger partial charge in [-0.1, -0.05) is 37.3 Å². The largest absolute Gasteiger partial charge is 0.384 e. The van der Waals surface area contributed by atoms with Crippen molar-refractivity contribution in [3.8, 4) is 0 Å².